The van der Waals surface area contributed by atoms with Crippen LogP contribution in [-0.2, 0) is 6.61 Å². The van der Waals surface area contributed by atoms with Crippen LogP contribution in [0.1, 0.15) is 5.56 Å². The minimum absolute atomic E-state index is 0.0348. The first-order valence-electron chi connectivity index (χ1n) is 7.07. The van der Waals surface area contributed by atoms with Crippen LogP contribution in [0.15, 0.2) is 53.7 Å². The third-order valence-corrected chi connectivity index (χ3v) is 4.81. The van der Waals surface area contributed by atoms with Gasteiger partial charge < -0.3 is 4.74 Å². The molecule has 122 valence electrons. The van der Waals surface area contributed by atoms with Crippen LogP contribution >= 0.6 is 23.4 Å². The molecule has 24 heavy (non-hydrogen) atoms. The number of hydrogen-bond acceptors (Lipinski definition) is 5. The van der Waals surface area contributed by atoms with Gasteiger partial charge in [-0.25, -0.2) is 0 Å². The summed E-state index contributed by atoms with van der Waals surface area (Å²) in [5.41, 5.74) is 0.650. The van der Waals surface area contributed by atoms with Crippen molar-refractivity contribution in [2.45, 2.75) is 11.5 Å². The van der Waals surface area contributed by atoms with Gasteiger partial charge in [0, 0.05) is 39.8 Å². The van der Waals surface area contributed by atoms with Gasteiger partial charge in [0.05, 0.1) is 9.82 Å². The molecular formula is C17H13ClN2O3S. The van der Waals surface area contributed by atoms with Gasteiger partial charge in [0.15, 0.2) is 0 Å². The van der Waals surface area contributed by atoms with Crippen molar-refractivity contribution in [3.8, 4) is 5.75 Å². The second-order valence-corrected chi connectivity index (χ2v) is 6.20. The molecule has 3 rings (SSSR count). The number of rotatable bonds is 5. The van der Waals surface area contributed by atoms with Crippen LogP contribution in [0.25, 0.3) is 10.8 Å². The molecule has 5 nitrogen and oxygen atoms in total. The summed E-state index contributed by atoms with van der Waals surface area (Å²) < 4.78 is 5.92. The Hall–Kier alpha value is -2.31. The van der Waals surface area contributed by atoms with Crippen LogP contribution in [0.3, 0.4) is 0 Å². The summed E-state index contributed by atoms with van der Waals surface area (Å²) >= 11 is 7.53. The molecule has 0 unspecified atom stereocenters. The van der Waals surface area contributed by atoms with E-state index in [-0.39, 0.29) is 12.3 Å². The van der Waals surface area contributed by atoms with Crippen molar-refractivity contribution in [2.75, 3.05) is 6.26 Å². The third-order valence-electron chi connectivity index (χ3n) is 3.60. The van der Waals surface area contributed by atoms with Crippen molar-refractivity contribution < 1.29 is 9.66 Å². The lowest BCUT2D eigenvalue weighted by Gasteiger charge is -2.13. The van der Waals surface area contributed by atoms with Gasteiger partial charge in [-0.2, -0.15) is 0 Å². The molecule has 0 aliphatic carbocycles. The number of aromatic nitrogens is 1. The zero-order chi connectivity index (χ0) is 17.1. The molecule has 0 N–H and O–H groups in total. The SMILES string of the molecule is CSc1c([N+](=O)[O-])ccc(Cl)c1COc1cccc2cnccc12. The summed E-state index contributed by atoms with van der Waals surface area (Å²) in [5, 5.41) is 13.5. The monoisotopic (exact) mass is 360 g/mol. The topological polar surface area (TPSA) is 65.3 Å². The molecule has 7 heteroatoms. The van der Waals surface area contributed by atoms with Crippen LogP contribution in [-0.4, -0.2) is 16.2 Å². The van der Waals surface area contributed by atoms with E-state index in [0.29, 0.717) is 21.2 Å². The van der Waals surface area contributed by atoms with E-state index in [2.05, 4.69) is 4.98 Å². The van der Waals surface area contributed by atoms with E-state index in [4.69, 9.17) is 16.3 Å². The van der Waals surface area contributed by atoms with E-state index in [9.17, 15) is 10.1 Å². The van der Waals surface area contributed by atoms with Gasteiger partial charge in [-0.15, -0.1) is 11.8 Å². The lowest BCUT2D eigenvalue weighted by atomic mass is 10.1. The Bertz CT molecular complexity index is 912. The highest BCUT2D eigenvalue weighted by atomic mass is 35.5. The van der Waals surface area contributed by atoms with E-state index in [1.54, 1.807) is 18.6 Å². The Morgan fingerprint density at radius 2 is 2.12 bits per heavy atom. The maximum Gasteiger partial charge on any atom is 0.283 e. The number of hydrogen-bond donors (Lipinski definition) is 0. The van der Waals surface area contributed by atoms with Crippen molar-refractivity contribution in [1.29, 1.82) is 0 Å². The van der Waals surface area contributed by atoms with Crippen molar-refractivity contribution in [1.82, 2.24) is 4.98 Å². The van der Waals surface area contributed by atoms with Crippen LogP contribution in [0.4, 0.5) is 5.69 Å². The summed E-state index contributed by atoms with van der Waals surface area (Å²) in [5.74, 6) is 0.685. The number of pyridine rings is 1. The molecule has 1 aromatic heterocycles. The van der Waals surface area contributed by atoms with Gasteiger partial charge >= 0.3 is 0 Å². The number of nitrogens with zero attached hydrogens (tertiary/aromatic N) is 2. The predicted octanol–water partition coefficient (Wildman–Crippen LogP) is 5.10. The van der Waals surface area contributed by atoms with Crippen LogP contribution in [0.2, 0.25) is 5.02 Å². The molecule has 1 heterocycles. The average Bonchev–Trinajstić information content (AvgIpc) is 2.60. The number of thioether (sulfide) groups is 1. The minimum atomic E-state index is -0.407. The highest BCUT2D eigenvalue weighted by molar-refractivity contribution is 7.98. The fourth-order valence-electron chi connectivity index (χ4n) is 2.47. The summed E-state index contributed by atoms with van der Waals surface area (Å²) in [6, 6.07) is 10.5. The van der Waals surface area contributed by atoms with Gasteiger partial charge in [0.25, 0.3) is 5.69 Å². The molecule has 0 saturated heterocycles. The minimum Gasteiger partial charge on any atom is -0.488 e. The Balaban J connectivity index is 1.97. The Morgan fingerprint density at radius 3 is 2.88 bits per heavy atom. The van der Waals surface area contributed by atoms with Crippen LogP contribution in [0.5, 0.6) is 5.75 Å². The van der Waals surface area contributed by atoms with Crippen molar-refractivity contribution >= 4 is 39.8 Å². The van der Waals surface area contributed by atoms with Gasteiger partial charge in [0.1, 0.15) is 12.4 Å². The van der Waals surface area contributed by atoms with E-state index in [1.165, 1.54) is 23.9 Å². The zero-order valence-electron chi connectivity index (χ0n) is 12.7. The fraction of sp³-hybridized carbons (Fsp3) is 0.118. The molecule has 0 bridgehead atoms. The molecule has 0 aliphatic heterocycles. The quantitative estimate of drug-likeness (QED) is 0.360. The Kier molecular flexibility index (Phi) is 4.87. The van der Waals surface area contributed by atoms with Crippen molar-refractivity contribution in [2.24, 2.45) is 0 Å². The first-order valence-corrected chi connectivity index (χ1v) is 8.67. The van der Waals surface area contributed by atoms with Gasteiger partial charge in [-0.1, -0.05) is 23.7 Å². The summed E-state index contributed by atoms with van der Waals surface area (Å²) in [4.78, 5) is 15.4. The van der Waals surface area contributed by atoms with Crippen LogP contribution < -0.4 is 4.74 Å². The Morgan fingerprint density at radius 1 is 1.29 bits per heavy atom. The van der Waals surface area contributed by atoms with E-state index >= 15 is 0 Å². The molecule has 0 fully saturated rings. The fourth-order valence-corrected chi connectivity index (χ4v) is 3.50. The molecule has 0 spiro atoms. The van der Waals surface area contributed by atoms with Gasteiger partial charge in [-0.3, -0.25) is 15.1 Å². The van der Waals surface area contributed by atoms with Crippen molar-refractivity contribution in [3.05, 3.63) is 69.5 Å². The lowest BCUT2D eigenvalue weighted by Crippen LogP contribution is -2.02. The van der Waals surface area contributed by atoms with Crippen LogP contribution in [0, 0.1) is 10.1 Å². The summed E-state index contributed by atoms with van der Waals surface area (Å²) in [7, 11) is 0. The first-order chi connectivity index (χ1) is 11.6. The van der Waals surface area contributed by atoms with Gasteiger partial charge in [-0.05, 0) is 24.5 Å². The smallest absolute Gasteiger partial charge is 0.283 e. The maximum absolute atomic E-state index is 11.2. The average molecular weight is 361 g/mol. The molecule has 2 aromatic carbocycles. The molecule has 0 aliphatic rings. The molecular weight excluding hydrogens is 348 g/mol. The second kappa shape index (κ2) is 7.07. The maximum atomic E-state index is 11.2. The first kappa shape index (κ1) is 16.5. The second-order valence-electron chi connectivity index (χ2n) is 4.98. The molecule has 0 atom stereocenters. The molecule has 0 amide bonds. The zero-order valence-corrected chi connectivity index (χ0v) is 14.3. The molecule has 0 radical (unpaired) electrons. The number of ether oxygens (including phenoxy) is 1. The van der Waals surface area contributed by atoms with Crippen molar-refractivity contribution in [3.63, 3.8) is 0 Å². The van der Waals surface area contributed by atoms with Gasteiger partial charge in [0.2, 0.25) is 0 Å². The Labute approximate surface area is 147 Å². The highest BCUT2D eigenvalue weighted by Gasteiger charge is 2.20. The molecule has 3 aromatic rings. The molecule has 0 saturated carbocycles. The van der Waals surface area contributed by atoms with E-state index in [0.717, 1.165) is 10.8 Å². The van der Waals surface area contributed by atoms with E-state index < -0.39 is 4.92 Å². The summed E-state index contributed by atoms with van der Waals surface area (Å²) in [6.07, 6.45) is 5.24. The highest BCUT2D eigenvalue weighted by Crippen LogP contribution is 2.36. The normalized spacial score (nSPS) is 10.8. The number of benzene rings is 2. The number of halogens is 1. The van der Waals surface area contributed by atoms with E-state index in [1.807, 2.05) is 24.3 Å². The predicted molar refractivity (Wildman–Crippen MR) is 96.0 cm³/mol. The number of fused-ring (bicyclic) bond motifs is 1. The largest absolute Gasteiger partial charge is 0.488 e. The summed E-state index contributed by atoms with van der Waals surface area (Å²) in [6.45, 7) is 0.151. The third kappa shape index (κ3) is 3.16. The number of nitro benzene ring substituents is 1. The lowest BCUT2D eigenvalue weighted by molar-refractivity contribution is -0.387. The standard InChI is InChI=1S/C17H13ClN2O3S/c1-24-17-13(14(18)5-6-15(17)20(21)22)10-23-16-4-2-3-11-9-19-8-7-12(11)16/h2-9H,10H2,1H3. The number of nitro groups is 1.